The predicted molar refractivity (Wildman–Crippen MR) is 104 cm³/mol. The number of benzene rings is 2. The Hall–Kier alpha value is -2.63. The molecule has 0 saturated carbocycles. The molecule has 126 valence electrons. The van der Waals surface area contributed by atoms with Gasteiger partial charge in [0, 0.05) is 28.6 Å². The van der Waals surface area contributed by atoms with Gasteiger partial charge < -0.3 is 5.11 Å². The highest BCUT2D eigenvalue weighted by atomic mass is 35.5. The van der Waals surface area contributed by atoms with Crippen LogP contribution in [-0.4, -0.2) is 24.3 Å². The largest absolute Gasteiger partial charge is 0.478 e. The molecule has 4 nitrogen and oxygen atoms in total. The van der Waals surface area contributed by atoms with Crippen molar-refractivity contribution in [3.8, 4) is 11.1 Å². The molecule has 0 saturated heterocycles. The van der Waals surface area contributed by atoms with E-state index in [9.17, 15) is 9.90 Å². The summed E-state index contributed by atoms with van der Waals surface area (Å²) in [6.45, 7) is 0. The van der Waals surface area contributed by atoms with Crippen molar-refractivity contribution in [2.75, 3.05) is 12.1 Å². The van der Waals surface area contributed by atoms with Gasteiger partial charge in [0.15, 0.2) is 0 Å². The summed E-state index contributed by atoms with van der Waals surface area (Å²) in [5, 5.41) is 18.9. The Kier molecular flexibility index (Phi) is 5.16. The molecule has 3 aromatic rings. The van der Waals surface area contributed by atoms with Crippen molar-refractivity contribution in [2.45, 2.75) is 0 Å². The molecule has 0 amide bonds. The molecule has 2 aromatic carbocycles. The smallest absolute Gasteiger partial charge is 0.336 e. The summed E-state index contributed by atoms with van der Waals surface area (Å²) in [5.41, 5.74) is 2.78. The van der Waals surface area contributed by atoms with Gasteiger partial charge in [-0.15, -0.1) is 11.3 Å². The summed E-state index contributed by atoms with van der Waals surface area (Å²) >= 11 is 7.79. The van der Waals surface area contributed by atoms with Crippen LogP contribution in [0.2, 0.25) is 5.02 Å². The van der Waals surface area contributed by atoms with E-state index in [1.165, 1.54) is 0 Å². The van der Waals surface area contributed by atoms with Crippen LogP contribution in [0.3, 0.4) is 0 Å². The first-order chi connectivity index (χ1) is 12.1. The number of hydrogen-bond donors (Lipinski definition) is 1. The fourth-order valence-corrected chi connectivity index (χ4v) is 3.42. The van der Waals surface area contributed by atoms with E-state index in [1.54, 1.807) is 46.8 Å². The fraction of sp³-hybridized carbons (Fsp3) is 0.0526. The van der Waals surface area contributed by atoms with Gasteiger partial charge in [0.2, 0.25) is 0 Å². The molecule has 0 unspecified atom stereocenters. The minimum atomic E-state index is -0.971. The molecular formula is C19H15ClN2O2S. The Labute approximate surface area is 154 Å². The van der Waals surface area contributed by atoms with E-state index in [2.05, 4.69) is 5.10 Å². The first-order valence-electron chi connectivity index (χ1n) is 7.49. The molecule has 6 heteroatoms. The third kappa shape index (κ3) is 3.90. The lowest BCUT2D eigenvalue weighted by Gasteiger charge is -2.10. The summed E-state index contributed by atoms with van der Waals surface area (Å²) in [5.74, 6) is -0.971. The van der Waals surface area contributed by atoms with Crippen LogP contribution in [-0.2, 0) is 0 Å². The number of nitrogens with zero attached hydrogens (tertiary/aromatic N) is 2. The van der Waals surface area contributed by atoms with E-state index in [0.29, 0.717) is 10.6 Å². The van der Waals surface area contributed by atoms with Gasteiger partial charge in [0.25, 0.3) is 0 Å². The molecule has 0 radical (unpaired) electrons. The second-order valence-corrected chi connectivity index (χ2v) is 6.61. The zero-order chi connectivity index (χ0) is 17.8. The van der Waals surface area contributed by atoms with Crippen LogP contribution in [0, 0.1) is 0 Å². The minimum absolute atomic E-state index is 0.225. The van der Waals surface area contributed by atoms with Crippen LogP contribution >= 0.6 is 22.9 Å². The Balaban J connectivity index is 1.82. The van der Waals surface area contributed by atoms with Crippen molar-refractivity contribution in [1.29, 1.82) is 0 Å². The average Bonchev–Trinajstić information content (AvgIpc) is 3.10. The van der Waals surface area contributed by atoms with Crippen LogP contribution in [0.1, 0.15) is 15.9 Å². The number of thiophene rings is 1. The number of halogens is 1. The highest BCUT2D eigenvalue weighted by molar-refractivity contribution is 7.14. The monoisotopic (exact) mass is 370 g/mol. The van der Waals surface area contributed by atoms with Crippen LogP contribution in [0.15, 0.2) is 65.1 Å². The molecule has 0 aliphatic carbocycles. The standard InChI is InChI=1S/C19H15ClN2O2S/c1-22(21-11-13-6-2-3-8-16(13)19(23)24)18-10-14(12-25-18)15-7-4-5-9-17(15)20/h2-12H,1H3,(H,23,24)/b21-11+. The lowest BCUT2D eigenvalue weighted by molar-refractivity contribution is 0.0697. The quantitative estimate of drug-likeness (QED) is 0.493. The van der Waals surface area contributed by atoms with E-state index < -0.39 is 5.97 Å². The number of carboxylic acids is 1. The van der Waals surface area contributed by atoms with Crippen molar-refractivity contribution in [1.82, 2.24) is 0 Å². The van der Waals surface area contributed by atoms with Gasteiger partial charge in [0.1, 0.15) is 5.00 Å². The van der Waals surface area contributed by atoms with Crippen molar-refractivity contribution in [3.05, 3.63) is 76.1 Å². The number of rotatable bonds is 5. The summed E-state index contributed by atoms with van der Waals surface area (Å²) in [4.78, 5) is 11.2. The second-order valence-electron chi connectivity index (χ2n) is 5.31. The van der Waals surface area contributed by atoms with Gasteiger partial charge in [-0.05, 0) is 23.8 Å². The van der Waals surface area contributed by atoms with E-state index >= 15 is 0 Å². The van der Waals surface area contributed by atoms with Crippen molar-refractivity contribution in [2.24, 2.45) is 5.10 Å². The summed E-state index contributed by atoms with van der Waals surface area (Å²) in [6.07, 6.45) is 1.55. The summed E-state index contributed by atoms with van der Waals surface area (Å²) in [7, 11) is 1.82. The molecule has 3 rings (SSSR count). The number of hydrazone groups is 1. The maximum atomic E-state index is 11.2. The Morgan fingerprint density at radius 3 is 2.68 bits per heavy atom. The summed E-state index contributed by atoms with van der Waals surface area (Å²) < 4.78 is 0. The van der Waals surface area contributed by atoms with Crippen LogP contribution in [0.5, 0.6) is 0 Å². The zero-order valence-electron chi connectivity index (χ0n) is 13.4. The molecule has 0 fully saturated rings. The SMILES string of the molecule is CN(/N=C/c1ccccc1C(=O)O)c1cc(-c2ccccc2Cl)cs1. The first kappa shape index (κ1) is 17.2. The molecule has 1 heterocycles. The van der Waals surface area contributed by atoms with Crippen molar-refractivity contribution < 1.29 is 9.90 Å². The minimum Gasteiger partial charge on any atom is -0.478 e. The predicted octanol–water partition coefficient (Wildman–Crippen LogP) is 5.24. The average molecular weight is 371 g/mol. The van der Waals surface area contributed by atoms with Gasteiger partial charge in [0.05, 0.1) is 11.8 Å². The molecule has 0 aliphatic rings. The maximum absolute atomic E-state index is 11.2. The first-order valence-corrected chi connectivity index (χ1v) is 8.75. The zero-order valence-corrected chi connectivity index (χ0v) is 15.0. The van der Waals surface area contributed by atoms with Crippen LogP contribution in [0.4, 0.5) is 5.00 Å². The number of anilines is 1. The van der Waals surface area contributed by atoms with E-state index in [0.717, 1.165) is 16.1 Å². The van der Waals surface area contributed by atoms with Crippen LogP contribution in [0.25, 0.3) is 11.1 Å². The van der Waals surface area contributed by atoms with E-state index in [4.69, 9.17) is 11.6 Å². The Bertz CT molecular complexity index is 936. The lowest BCUT2D eigenvalue weighted by atomic mass is 10.1. The third-order valence-corrected chi connectivity index (χ3v) is 4.98. The highest BCUT2D eigenvalue weighted by Gasteiger charge is 2.10. The number of carbonyl (C=O) groups is 1. The van der Waals surface area contributed by atoms with Gasteiger partial charge in [-0.25, -0.2) is 4.79 Å². The molecule has 1 N–H and O–H groups in total. The maximum Gasteiger partial charge on any atom is 0.336 e. The number of aromatic carboxylic acids is 1. The molecular weight excluding hydrogens is 356 g/mol. The topological polar surface area (TPSA) is 52.9 Å². The highest BCUT2D eigenvalue weighted by Crippen LogP contribution is 2.34. The summed E-state index contributed by atoms with van der Waals surface area (Å²) in [6, 6.07) is 16.5. The second kappa shape index (κ2) is 7.51. The van der Waals surface area contributed by atoms with Crippen LogP contribution < -0.4 is 5.01 Å². The molecule has 0 aliphatic heterocycles. The van der Waals surface area contributed by atoms with Gasteiger partial charge in [-0.1, -0.05) is 48.0 Å². The number of carboxylic acid groups (broad SMARTS) is 1. The lowest BCUT2D eigenvalue weighted by Crippen LogP contribution is -2.08. The van der Waals surface area contributed by atoms with Crippen molar-refractivity contribution >= 4 is 40.1 Å². The fourth-order valence-electron chi connectivity index (χ4n) is 2.34. The van der Waals surface area contributed by atoms with Gasteiger partial charge in [-0.2, -0.15) is 5.10 Å². The van der Waals surface area contributed by atoms with Gasteiger partial charge in [-0.3, -0.25) is 5.01 Å². The van der Waals surface area contributed by atoms with Gasteiger partial charge >= 0.3 is 5.97 Å². The molecule has 0 bridgehead atoms. The Morgan fingerprint density at radius 1 is 1.20 bits per heavy atom. The van der Waals surface area contributed by atoms with Crippen molar-refractivity contribution in [3.63, 3.8) is 0 Å². The number of hydrogen-bond acceptors (Lipinski definition) is 4. The molecule has 1 aromatic heterocycles. The third-order valence-electron chi connectivity index (χ3n) is 3.65. The molecule has 0 spiro atoms. The Morgan fingerprint density at radius 2 is 1.92 bits per heavy atom. The molecule has 0 atom stereocenters. The van der Waals surface area contributed by atoms with E-state index in [-0.39, 0.29) is 5.56 Å². The normalized spacial score (nSPS) is 11.0. The van der Waals surface area contributed by atoms with E-state index in [1.807, 2.05) is 42.8 Å². The molecule has 25 heavy (non-hydrogen) atoms.